The lowest BCUT2D eigenvalue weighted by atomic mass is 9.97. The quantitative estimate of drug-likeness (QED) is 0.577. The monoisotopic (exact) mass is 344 g/mol. The Bertz CT molecular complexity index is 691. The van der Waals surface area contributed by atoms with Gasteiger partial charge in [0.05, 0.1) is 6.10 Å². The number of ether oxygens (including phenoxy) is 1. The molecule has 0 heterocycles. The zero-order chi connectivity index (χ0) is 18.2. The Morgan fingerprint density at radius 2 is 1.92 bits per heavy atom. The average Bonchev–Trinajstić information content (AvgIpc) is 2.60. The SMILES string of the molecule is Cc1cc(N)ccc1C(O)C(O)CCNC(=O)OCc1ccccc1. The van der Waals surface area contributed by atoms with Crippen LogP contribution in [0.4, 0.5) is 10.5 Å². The molecule has 0 saturated carbocycles. The van der Waals surface area contributed by atoms with Crippen LogP contribution in [0.1, 0.15) is 29.2 Å². The van der Waals surface area contributed by atoms with Gasteiger partial charge in [-0.15, -0.1) is 0 Å². The number of aliphatic hydroxyl groups excluding tert-OH is 2. The topological polar surface area (TPSA) is 105 Å². The van der Waals surface area contributed by atoms with Crippen LogP contribution in [0.15, 0.2) is 48.5 Å². The molecule has 2 unspecified atom stereocenters. The molecule has 2 aromatic carbocycles. The zero-order valence-corrected chi connectivity index (χ0v) is 14.2. The molecule has 0 aliphatic rings. The van der Waals surface area contributed by atoms with E-state index in [1.165, 1.54) is 0 Å². The molecule has 0 aliphatic heterocycles. The third kappa shape index (κ3) is 5.77. The Morgan fingerprint density at radius 1 is 1.20 bits per heavy atom. The van der Waals surface area contributed by atoms with Crippen molar-refractivity contribution in [3.05, 3.63) is 65.2 Å². The van der Waals surface area contributed by atoms with Gasteiger partial charge in [-0.1, -0.05) is 36.4 Å². The lowest BCUT2D eigenvalue weighted by Crippen LogP contribution is -2.30. The van der Waals surface area contributed by atoms with Crippen molar-refractivity contribution >= 4 is 11.8 Å². The Hall–Kier alpha value is -2.57. The molecule has 25 heavy (non-hydrogen) atoms. The molecule has 0 radical (unpaired) electrons. The lowest BCUT2D eigenvalue weighted by molar-refractivity contribution is 0.0133. The number of carbonyl (C=O) groups excluding carboxylic acids is 1. The smallest absolute Gasteiger partial charge is 0.407 e. The highest BCUT2D eigenvalue weighted by molar-refractivity contribution is 5.67. The van der Waals surface area contributed by atoms with E-state index in [4.69, 9.17) is 10.5 Å². The summed E-state index contributed by atoms with van der Waals surface area (Å²) in [6.45, 7) is 2.20. The van der Waals surface area contributed by atoms with Crippen LogP contribution in [0.25, 0.3) is 0 Å². The van der Waals surface area contributed by atoms with Gasteiger partial charge in [-0.25, -0.2) is 4.79 Å². The summed E-state index contributed by atoms with van der Waals surface area (Å²) < 4.78 is 5.08. The van der Waals surface area contributed by atoms with Crippen LogP contribution in [0.3, 0.4) is 0 Å². The Morgan fingerprint density at radius 3 is 2.60 bits per heavy atom. The highest BCUT2D eigenvalue weighted by Crippen LogP contribution is 2.23. The number of carbonyl (C=O) groups is 1. The first-order valence-electron chi connectivity index (χ1n) is 8.14. The molecule has 0 spiro atoms. The van der Waals surface area contributed by atoms with Crippen LogP contribution in [-0.4, -0.2) is 29.0 Å². The van der Waals surface area contributed by atoms with E-state index in [1.807, 2.05) is 37.3 Å². The molecule has 0 saturated heterocycles. The van der Waals surface area contributed by atoms with Crippen LogP contribution in [0.2, 0.25) is 0 Å². The summed E-state index contributed by atoms with van der Waals surface area (Å²) in [6.07, 6.45) is -2.40. The Balaban J connectivity index is 1.74. The van der Waals surface area contributed by atoms with Gasteiger partial charge in [-0.05, 0) is 42.2 Å². The van der Waals surface area contributed by atoms with E-state index in [0.717, 1.165) is 11.1 Å². The zero-order valence-electron chi connectivity index (χ0n) is 14.2. The summed E-state index contributed by atoms with van der Waals surface area (Å²) in [6, 6.07) is 14.5. The molecule has 6 heteroatoms. The minimum atomic E-state index is -1.04. The van der Waals surface area contributed by atoms with Crippen molar-refractivity contribution in [2.45, 2.75) is 32.2 Å². The van der Waals surface area contributed by atoms with Crippen LogP contribution in [-0.2, 0) is 11.3 Å². The van der Waals surface area contributed by atoms with Gasteiger partial charge in [-0.2, -0.15) is 0 Å². The maximum absolute atomic E-state index is 11.6. The van der Waals surface area contributed by atoms with Crippen molar-refractivity contribution in [2.75, 3.05) is 12.3 Å². The molecular weight excluding hydrogens is 320 g/mol. The number of benzene rings is 2. The van der Waals surface area contributed by atoms with Crippen molar-refractivity contribution in [3.8, 4) is 0 Å². The first-order valence-corrected chi connectivity index (χ1v) is 8.14. The summed E-state index contributed by atoms with van der Waals surface area (Å²) in [4.78, 5) is 11.6. The maximum atomic E-state index is 11.6. The first kappa shape index (κ1) is 18.8. The molecule has 2 rings (SSSR count). The standard InChI is InChI=1S/C19H24N2O4/c1-13-11-15(20)7-8-16(13)18(23)17(22)9-10-21-19(24)25-12-14-5-3-2-4-6-14/h2-8,11,17-18,22-23H,9-10,12,20H2,1H3,(H,21,24). The number of alkyl carbamates (subject to hydrolysis) is 1. The molecule has 5 N–H and O–H groups in total. The third-order valence-electron chi connectivity index (χ3n) is 3.90. The second-order valence-corrected chi connectivity index (χ2v) is 5.91. The van der Waals surface area contributed by atoms with Gasteiger partial charge in [0, 0.05) is 12.2 Å². The second kappa shape index (κ2) is 9.05. The van der Waals surface area contributed by atoms with Gasteiger partial charge >= 0.3 is 6.09 Å². The largest absolute Gasteiger partial charge is 0.445 e. The maximum Gasteiger partial charge on any atom is 0.407 e. The normalized spacial score (nSPS) is 13.1. The van der Waals surface area contributed by atoms with E-state index < -0.39 is 18.3 Å². The van der Waals surface area contributed by atoms with Gasteiger partial charge < -0.3 is 26.0 Å². The Kier molecular flexibility index (Phi) is 6.80. The number of amides is 1. The number of rotatable bonds is 7. The predicted molar refractivity (Wildman–Crippen MR) is 95.8 cm³/mol. The van der Waals surface area contributed by atoms with Crippen molar-refractivity contribution in [1.29, 1.82) is 0 Å². The molecule has 0 aromatic heterocycles. The fraction of sp³-hybridized carbons (Fsp3) is 0.316. The molecule has 2 atom stereocenters. The molecule has 0 bridgehead atoms. The van der Waals surface area contributed by atoms with Crippen molar-refractivity contribution in [3.63, 3.8) is 0 Å². The van der Waals surface area contributed by atoms with Crippen LogP contribution < -0.4 is 11.1 Å². The molecule has 2 aromatic rings. The number of nitrogen functional groups attached to an aromatic ring is 1. The number of aliphatic hydroxyl groups is 2. The van der Waals surface area contributed by atoms with Crippen molar-refractivity contribution < 1.29 is 19.7 Å². The number of aryl methyl sites for hydroxylation is 1. The molecular formula is C19H24N2O4. The van der Waals surface area contributed by atoms with E-state index in [0.29, 0.717) is 11.3 Å². The molecule has 6 nitrogen and oxygen atoms in total. The number of nitrogens with two attached hydrogens (primary N) is 1. The highest BCUT2D eigenvalue weighted by Gasteiger charge is 2.20. The van der Waals surface area contributed by atoms with Gasteiger partial charge in [0.15, 0.2) is 0 Å². The van der Waals surface area contributed by atoms with Gasteiger partial charge in [0.1, 0.15) is 12.7 Å². The summed E-state index contributed by atoms with van der Waals surface area (Å²) in [5.74, 6) is 0. The summed E-state index contributed by atoms with van der Waals surface area (Å²) in [5, 5.41) is 22.9. The average molecular weight is 344 g/mol. The summed E-state index contributed by atoms with van der Waals surface area (Å²) in [5.41, 5.74) is 8.61. The van der Waals surface area contributed by atoms with E-state index >= 15 is 0 Å². The number of hydrogen-bond acceptors (Lipinski definition) is 5. The number of nitrogens with one attached hydrogen (secondary N) is 1. The van der Waals surface area contributed by atoms with E-state index in [-0.39, 0.29) is 19.6 Å². The highest BCUT2D eigenvalue weighted by atomic mass is 16.5. The van der Waals surface area contributed by atoms with Crippen molar-refractivity contribution in [2.24, 2.45) is 0 Å². The summed E-state index contributed by atoms with van der Waals surface area (Å²) >= 11 is 0. The first-order chi connectivity index (χ1) is 12.0. The molecule has 134 valence electrons. The van der Waals surface area contributed by atoms with Crippen LogP contribution in [0.5, 0.6) is 0 Å². The van der Waals surface area contributed by atoms with E-state index in [9.17, 15) is 15.0 Å². The Labute approximate surface area is 147 Å². The van der Waals surface area contributed by atoms with Crippen LogP contribution >= 0.6 is 0 Å². The summed E-state index contributed by atoms with van der Waals surface area (Å²) in [7, 11) is 0. The van der Waals surface area contributed by atoms with Gasteiger partial charge in [0.25, 0.3) is 0 Å². The number of hydrogen-bond donors (Lipinski definition) is 4. The minimum Gasteiger partial charge on any atom is -0.445 e. The lowest BCUT2D eigenvalue weighted by Gasteiger charge is -2.20. The fourth-order valence-electron chi connectivity index (χ4n) is 2.49. The predicted octanol–water partition coefficient (Wildman–Crippen LogP) is 2.29. The van der Waals surface area contributed by atoms with E-state index in [2.05, 4.69) is 5.32 Å². The van der Waals surface area contributed by atoms with Crippen LogP contribution in [0, 0.1) is 6.92 Å². The van der Waals surface area contributed by atoms with Gasteiger partial charge in [-0.3, -0.25) is 0 Å². The number of anilines is 1. The van der Waals surface area contributed by atoms with Gasteiger partial charge in [0.2, 0.25) is 0 Å². The second-order valence-electron chi connectivity index (χ2n) is 5.91. The van der Waals surface area contributed by atoms with Crippen molar-refractivity contribution in [1.82, 2.24) is 5.32 Å². The van der Waals surface area contributed by atoms with E-state index in [1.54, 1.807) is 18.2 Å². The third-order valence-corrected chi connectivity index (χ3v) is 3.90. The molecule has 1 amide bonds. The molecule has 0 fully saturated rings. The minimum absolute atomic E-state index is 0.183. The molecule has 0 aliphatic carbocycles. The fourth-order valence-corrected chi connectivity index (χ4v) is 2.49.